The predicted octanol–water partition coefficient (Wildman–Crippen LogP) is 2.45. The van der Waals surface area contributed by atoms with E-state index < -0.39 is 11.7 Å². The maximum atomic E-state index is 10.2. The lowest BCUT2D eigenvalue weighted by atomic mass is 9.87. The number of rotatable bonds is 5. The molecule has 0 radical (unpaired) electrons. The molecule has 2 heteroatoms. The Labute approximate surface area is 91.6 Å². The number of aliphatic hydroxyl groups excluding tert-OH is 1. The van der Waals surface area contributed by atoms with Crippen LogP contribution in [-0.2, 0) is 5.60 Å². The lowest BCUT2D eigenvalue weighted by molar-refractivity contribution is -0.0708. The molecule has 1 aromatic carbocycles. The first-order valence-corrected chi connectivity index (χ1v) is 5.55. The van der Waals surface area contributed by atoms with Crippen LogP contribution in [0.4, 0.5) is 0 Å². The zero-order valence-corrected chi connectivity index (χ0v) is 9.48. The van der Waals surface area contributed by atoms with Crippen molar-refractivity contribution in [2.45, 2.75) is 44.8 Å². The van der Waals surface area contributed by atoms with Gasteiger partial charge in [0.15, 0.2) is 0 Å². The van der Waals surface area contributed by atoms with Gasteiger partial charge in [0.1, 0.15) is 5.60 Å². The lowest BCUT2D eigenvalue weighted by Crippen LogP contribution is -2.36. The highest BCUT2D eigenvalue weighted by atomic mass is 16.3. The van der Waals surface area contributed by atoms with Crippen molar-refractivity contribution in [3.63, 3.8) is 0 Å². The normalized spacial score (nSPS) is 17.1. The molecule has 0 spiro atoms. The van der Waals surface area contributed by atoms with Gasteiger partial charge >= 0.3 is 0 Å². The average Bonchev–Trinajstić information content (AvgIpc) is 2.27. The maximum absolute atomic E-state index is 10.2. The van der Waals surface area contributed by atoms with E-state index in [-0.39, 0.29) is 0 Å². The Kier molecular flexibility index (Phi) is 4.30. The third-order valence-electron chi connectivity index (χ3n) is 2.84. The van der Waals surface area contributed by atoms with E-state index in [4.69, 9.17) is 0 Å². The van der Waals surface area contributed by atoms with E-state index in [1.165, 1.54) is 0 Å². The Morgan fingerprint density at radius 1 is 1.27 bits per heavy atom. The van der Waals surface area contributed by atoms with Crippen LogP contribution >= 0.6 is 0 Å². The summed E-state index contributed by atoms with van der Waals surface area (Å²) >= 11 is 0. The van der Waals surface area contributed by atoms with Crippen molar-refractivity contribution in [2.75, 3.05) is 0 Å². The molecule has 0 aliphatic heterocycles. The van der Waals surface area contributed by atoms with Crippen LogP contribution < -0.4 is 0 Å². The summed E-state index contributed by atoms with van der Waals surface area (Å²) in [4.78, 5) is 0. The van der Waals surface area contributed by atoms with Crippen LogP contribution in [0.25, 0.3) is 0 Å². The highest BCUT2D eigenvalue weighted by Gasteiger charge is 2.31. The smallest absolute Gasteiger partial charge is 0.113 e. The molecule has 0 saturated carbocycles. The number of hydrogen-bond donors (Lipinski definition) is 2. The Hall–Kier alpha value is -0.860. The number of benzene rings is 1. The predicted molar refractivity (Wildman–Crippen MR) is 61.5 cm³/mol. The van der Waals surface area contributed by atoms with E-state index in [0.717, 1.165) is 18.4 Å². The summed E-state index contributed by atoms with van der Waals surface area (Å²) in [6, 6.07) is 9.33. The maximum Gasteiger partial charge on any atom is 0.113 e. The molecule has 2 unspecified atom stereocenters. The minimum Gasteiger partial charge on any atom is -0.390 e. The van der Waals surface area contributed by atoms with Gasteiger partial charge in [-0.25, -0.2) is 0 Å². The Bertz CT molecular complexity index is 280. The van der Waals surface area contributed by atoms with Gasteiger partial charge in [-0.05, 0) is 18.9 Å². The Balaban J connectivity index is 2.73. The van der Waals surface area contributed by atoms with Crippen LogP contribution in [-0.4, -0.2) is 16.3 Å². The van der Waals surface area contributed by atoms with Crippen molar-refractivity contribution in [3.8, 4) is 0 Å². The molecule has 0 amide bonds. The molecule has 0 aromatic heterocycles. The van der Waals surface area contributed by atoms with Crippen molar-refractivity contribution >= 4 is 0 Å². The van der Waals surface area contributed by atoms with E-state index in [9.17, 15) is 10.2 Å². The minimum absolute atomic E-state index is 0.637. The van der Waals surface area contributed by atoms with Crippen LogP contribution in [0.2, 0.25) is 0 Å². The van der Waals surface area contributed by atoms with Crippen LogP contribution in [0.5, 0.6) is 0 Å². The van der Waals surface area contributed by atoms with Crippen LogP contribution in [0.15, 0.2) is 30.3 Å². The van der Waals surface area contributed by atoms with E-state index in [0.29, 0.717) is 6.42 Å². The van der Waals surface area contributed by atoms with Crippen molar-refractivity contribution in [3.05, 3.63) is 35.9 Å². The van der Waals surface area contributed by atoms with Gasteiger partial charge in [-0.15, -0.1) is 0 Å². The molecule has 0 aliphatic carbocycles. The second kappa shape index (κ2) is 5.29. The quantitative estimate of drug-likeness (QED) is 0.780. The lowest BCUT2D eigenvalue weighted by Gasteiger charge is -2.29. The summed E-state index contributed by atoms with van der Waals surface area (Å²) in [5.74, 6) is 0. The van der Waals surface area contributed by atoms with Crippen LogP contribution in [0.1, 0.15) is 38.7 Å². The molecule has 15 heavy (non-hydrogen) atoms. The summed E-state index contributed by atoms with van der Waals surface area (Å²) in [7, 11) is 0. The zero-order valence-electron chi connectivity index (χ0n) is 9.48. The number of aliphatic hydroxyl groups is 2. The van der Waals surface area contributed by atoms with Gasteiger partial charge in [-0.2, -0.15) is 0 Å². The molecule has 1 aromatic rings. The zero-order chi connectivity index (χ0) is 11.3. The summed E-state index contributed by atoms with van der Waals surface area (Å²) in [5.41, 5.74) is -0.371. The number of hydrogen-bond acceptors (Lipinski definition) is 2. The Morgan fingerprint density at radius 3 is 2.40 bits per heavy atom. The van der Waals surface area contributed by atoms with E-state index >= 15 is 0 Å². The molecule has 84 valence electrons. The van der Waals surface area contributed by atoms with Gasteiger partial charge in [-0.3, -0.25) is 0 Å². The molecule has 0 saturated heterocycles. The monoisotopic (exact) mass is 208 g/mol. The van der Waals surface area contributed by atoms with Gasteiger partial charge in [0.2, 0.25) is 0 Å². The third-order valence-corrected chi connectivity index (χ3v) is 2.84. The fourth-order valence-corrected chi connectivity index (χ4v) is 1.65. The summed E-state index contributed by atoms with van der Waals surface area (Å²) in [6.45, 7) is 3.74. The fourth-order valence-electron chi connectivity index (χ4n) is 1.65. The van der Waals surface area contributed by atoms with E-state index in [2.05, 4.69) is 6.92 Å². The van der Waals surface area contributed by atoms with Gasteiger partial charge in [0.25, 0.3) is 0 Å². The fraction of sp³-hybridized carbons (Fsp3) is 0.538. The molecule has 0 heterocycles. The third kappa shape index (κ3) is 3.05. The van der Waals surface area contributed by atoms with Crippen molar-refractivity contribution in [1.29, 1.82) is 0 Å². The molecule has 1 rings (SSSR count). The molecule has 0 fully saturated rings. The Morgan fingerprint density at radius 2 is 1.87 bits per heavy atom. The molecule has 0 bridgehead atoms. The van der Waals surface area contributed by atoms with Crippen LogP contribution in [0, 0.1) is 0 Å². The highest BCUT2D eigenvalue weighted by Crippen LogP contribution is 2.27. The molecular weight excluding hydrogens is 188 g/mol. The molecular formula is C13H20O2. The second-order valence-corrected chi connectivity index (χ2v) is 4.17. The largest absolute Gasteiger partial charge is 0.390 e. The average molecular weight is 208 g/mol. The SMILES string of the molecule is CCCCC(O)C(C)(O)c1ccccc1. The molecule has 2 atom stereocenters. The number of unbranched alkanes of at least 4 members (excludes halogenated alkanes) is 1. The van der Waals surface area contributed by atoms with Crippen molar-refractivity contribution in [2.24, 2.45) is 0 Å². The summed E-state index contributed by atoms with van der Waals surface area (Å²) in [5, 5.41) is 20.1. The van der Waals surface area contributed by atoms with Gasteiger partial charge < -0.3 is 10.2 Å². The first-order chi connectivity index (χ1) is 7.09. The van der Waals surface area contributed by atoms with Crippen molar-refractivity contribution < 1.29 is 10.2 Å². The van der Waals surface area contributed by atoms with Gasteiger partial charge in [0.05, 0.1) is 6.10 Å². The standard InChI is InChI=1S/C13H20O2/c1-3-4-10-12(14)13(2,15)11-8-6-5-7-9-11/h5-9,12,14-15H,3-4,10H2,1-2H3. The van der Waals surface area contributed by atoms with E-state index in [1.54, 1.807) is 6.92 Å². The first kappa shape index (κ1) is 12.2. The molecule has 2 N–H and O–H groups in total. The summed E-state index contributed by atoms with van der Waals surface area (Å²) < 4.78 is 0. The minimum atomic E-state index is -1.14. The summed E-state index contributed by atoms with van der Waals surface area (Å²) in [6.07, 6.45) is 1.91. The van der Waals surface area contributed by atoms with Gasteiger partial charge in [0, 0.05) is 0 Å². The highest BCUT2D eigenvalue weighted by molar-refractivity contribution is 5.22. The van der Waals surface area contributed by atoms with Crippen molar-refractivity contribution in [1.82, 2.24) is 0 Å². The topological polar surface area (TPSA) is 40.5 Å². The molecule has 0 aliphatic rings. The molecule has 2 nitrogen and oxygen atoms in total. The van der Waals surface area contributed by atoms with Crippen LogP contribution in [0.3, 0.4) is 0 Å². The first-order valence-electron chi connectivity index (χ1n) is 5.55. The van der Waals surface area contributed by atoms with E-state index in [1.807, 2.05) is 30.3 Å². The van der Waals surface area contributed by atoms with Gasteiger partial charge in [-0.1, -0.05) is 50.1 Å². The second-order valence-electron chi connectivity index (χ2n) is 4.17.